The highest BCUT2D eigenvalue weighted by Crippen LogP contribution is 2.13. The number of fused-ring (bicyclic) bond motifs is 1. The third-order valence-corrected chi connectivity index (χ3v) is 3.87. The maximum absolute atomic E-state index is 12.5. The largest absolute Gasteiger partial charge is 0.336 e. The summed E-state index contributed by atoms with van der Waals surface area (Å²) in [5, 5.41) is 0. The average Bonchev–Trinajstić information content (AvgIpc) is 2.85. The predicted molar refractivity (Wildman–Crippen MR) is 76.9 cm³/mol. The number of likely N-dealkylation sites (N-methyl/N-ethyl adjacent to an activating group) is 1. The summed E-state index contributed by atoms with van der Waals surface area (Å²) < 4.78 is 0. The Morgan fingerprint density at radius 2 is 1.85 bits per heavy atom. The lowest BCUT2D eigenvalue weighted by Gasteiger charge is -2.34. The van der Waals surface area contributed by atoms with Gasteiger partial charge in [-0.1, -0.05) is 6.92 Å². The Labute approximate surface area is 116 Å². The highest BCUT2D eigenvalue weighted by atomic mass is 16.2. The summed E-state index contributed by atoms with van der Waals surface area (Å²) in [5.74, 6) is 0.0321. The number of hydrogen-bond acceptors (Lipinski definition) is 3. The Balaban J connectivity index is 1.80. The molecule has 1 aromatic heterocycles. The summed E-state index contributed by atoms with van der Waals surface area (Å²) in [7, 11) is 0. The summed E-state index contributed by atoms with van der Waals surface area (Å²) >= 11 is 0. The van der Waals surface area contributed by atoms with Crippen LogP contribution in [-0.2, 0) is 0 Å². The van der Waals surface area contributed by atoms with E-state index in [1.165, 1.54) is 0 Å². The number of aromatic nitrogens is 2. The molecule has 2 N–H and O–H groups in total. The van der Waals surface area contributed by atoms with E-state index in [2.05, 4.69) is 21.8 Å². The first kappa shape index (κ1) is 12.9. The normalized spacial score (nSPS) is 16.8. The van der Waals surface area contributed by atoms with Gasteiger partial charge in [-0.3, -0.25) is 4.79 Å². The van der Waals surface area contributed by atoms with Gasteiger partial charge < -0.3 is 19.8 Å². The van der Waals surface area contributed by atoms with Crippen LogP contribution in [0.5, 0.6) is 0 Å². The molecule has 1 saturated heterocycles. The second kappa shape index (κ2) is 5.13. The van der Waals surface area contributed by atoms with E-state index < -0.39 is 0 Å². The van der Waals surface area contributed by atoms with E-state index in [0.29, 0.717) is 11.1 Å². The number of amides is 1. The maximum Gasteiger partial charge on any atom is 0.323 e. The summed E-state index contributed by atoms with van der Waals surface area (Å²) in [4.78, 5) is 33.2. The molecule has 1 aliphatic heterocycles. The van der Waals surface area contributed by atoms with E-state index >= 15 is 0 Å². The fraction of sp³-hybridized carbons (Fsp3) is 0.429. The number of benzene rings is 1. The minimum absolute atomic E-state index is 0.0321. The third kappa shape index (κ3) is 2.34. The van der Waals surface area contributed by atoms with E-state index in [9.17, 15) is 9.59 Å². The zero-order valence-corrected chi connectivity index (χ0v) is 11.5. The fourth-order valence-electron chi connectivity index (χ4n) is 2.62. The minimum atomic E-state index is -0.249. The van der Waals surface area contributed by atoms with Gasteiger partial charge in [0.25, 0.3) is 5.91 Å². The number of imidazole rings is 1. The highest BCUT2D eigenvalue weighted by Gasteiger charge is 2.21. The molecule has 6 heteroatoms. The van der Waals surface area contributed by atoms with E-state index in [4.69, 9.17) is 0 Å². The lowest BCUT2D eigenvalue weighted by Crippen LogP contribution is -2.48. The third-order valence-electron chi connectivity index (χ3n) is 3.87. The molecule has 0 aliphatic carbocycles. The molecule has 2 aromatic rings. The van der Waals surface area contributed by atoms with Crippen LogP contribution in [0.4, 0.5) is 0 Å². The number of H-pyrrole nitrogens is 2. The Kier molecular flexibility index (Phi) is 3.31. The standard InChI is InChI=1S/C14H18N4O2/c1-2-17-5-7-18(8-6-17)13(19)10-3-4-11-12(9-10)16-14(20)15-11/h3-4,9H,2,5-8H2,1H3,(H2,15,16,20). The first-order chi connectivity index (χ1) is 9.67. The van der Waals surface area contributed by atoms with Gasteiger partial charge in [0, 0.05) is 31.7 Å². The number of nitrogens with zero attached hydrogens (tertiary/aromatic N) is 2. The lowest BCUT2D eigenvalue weighted by molar-refractivity contribution is 0.0643. The van der Waals surface area contributed by atoms with Gasteiger partial charge in [0.15, 0.2) is 0 Å². The number of hydrogen-bond donors (Lipinski definition) is 2. The maximum atomic E-state index is 12.5. The van der Waals surface area contributed by atoms with Crippen molar-refractivity contribution in [2.24, 2.45) is 0 Å². The molecular formula is C14H18N4O2. The molecule has 1 aromatic carbocycles. The topological polar surface area (TPSA) is 72.2 Å². The van der Waals surface area contributed by atoms with Crippen LogP contribution in [0.2, 0.25) is 0 Å². The van der Waals surface area contributed by atoms with Gasteiger partial charge in [0.2, 0.25) is 0 Å². The smallest absolute Gasteiger partial charge is 0.323 e. The van der Waals surface area contributed by atoms with Gasteiger partial charge in [0.05, 0.1) is 11.0 Å². The van der Waals surface area contributed by atoms with Crippen LogP contribution in [-0.4, -0.2) is 58.4 Å². The van der Waals surface area contributed by atoms with Crippen molar-refractivity contribution < 1.29 is 4.79 Å². The SMILES string of the molecule is CCN1CCN(C(=O)c2ccc3[nH]c(=O)[nH]c3c2)CC1. The Hall–Kier alpha value is -2.08. The molecule has 1 fully saturated rings. The molecule has 106 valence electrons. The number of nitrogens with one attached hydrogen (secondary N) is 2. The van der Waals surface area contributed by atoms with Gasteiger partial charge in [-0.2, -0.15) is 0 Å². The Morgan fingerprint density at radius 3 is 2.55 bits per heavy atom. The van der Waals surface area contributed by atoms with Crippen molar-refractivity contribution in [3.05, 3.63) is 34.2 Å². The predicted octanol–water partition coefficient (Wildman–Crippen LogP) is 0.634. The molecule has 3 rings (SSSR count). The summed E-state index contributed by atoms with van der Waals surface area (Å²) in [6.07, 6.45) is 0. The second-order valence-corrected chi connectivity index (χ2v) is 5.07. The van der Waals surface area contributed by atoms with Crippen LogP contribution in [0, 0.1) is 0 Å². The molecule has 0 spiro atoms. The number of aromatic amines is 2. The molecule has 1 amide bonds. The number of carbonyl (C=O) groups excluding carboxylic acids is 1. The molecule has 0 bridgehead atoms. The van der Waals surface area contributed by atoms with E-state index in [1.807, 2.05) is 4.90 Å². The summed E-state index contributed by atoms with van der Waals surface area (Å²) in [6.45, 7) is 6.52. The second-order valence-electron chi connectivity index (χ2n) is 5.07. The monoisotopic (exact) mass is 274 g/mol. The lowest BCUT2D eigenvalue weighted by atomic mass is 10.1. The number of rotatable bonds is 2. The quantitative estimate of drug-likeness (QED) is 0.844. The van der Waals surface area contributed by atoms with Gasteiger partial charge in [-0.05, 0) is 24.7 Å². The van der Waals surface area contributed by atoms with Gasteiger partial charge in [-0.15, -0.1) is 0 Å². The zero-order chi connectivity index (χ0) is 14.1. The molecule has 0 radical (unpaired) electrons. The Morgan fingerprint density at radius 1 is 1.15 bits per heavy atom. The van der Waals surface area contributed by atoms with Crippen molar-refractivity contribution >= 4 is 16.9 Å². The van der Waals surface area contributed by atoms with E-state index in [1.54, 1.807) is 18.2 Å². The first-order valence-corrected chi connectivity index (χ1v) is 6.91. The zero-order valence-electron chi connectivity index (χ0n) is 11.5. The molecule has 0 unspecified atom stereocenters. The van der Waals surface area contributed by atoms with Gasteiger partial charge in [0.1, 0.15) is 0 Å². The number of piperazine rings is 1. The van der Waals surface area contributed by atoms with Crippen molar-refractivity contribution in [2.45, 2.75) is 6.92 Å². The van der Waals surface area contributed by atoms with Crippen molar-refractivity contribution in [3.8, 4) is 0 Å². The van der Waals surface area contributed by atoms with Crippen LogP contribution in [0.3, 0.4) is 0 Å². The van der Waals surface area contributed by atoms with Crippen LogP contribution >= 0.6 is 0 Å². The molecular weight excluding hydrogens is 256 g/mol. The van der Waals surface area contributed by atoms with Crippen LogP contribution in [0.25, 0.3) is 11.0 Å². The number of carbonyl (C=O) groups is 1. The first-order valence-electron chi connectivity index (χ1n) is 6.91. The molecule has 0 saturated carbocycles. The van der Waals surface area contributed by atoms with Crippen molar-refractivity contribution in [2.75, 3.05) is 32.7 Å². The fourth-order valence-corrected chi connectivity index (χ4v) is 2.62. The minimum Gasteiger partial charge on any atom is -0.336 e. The van der Waals surface area contributed by atoms with E-state index in [-0.39, 0.29) is 11.6 Å². The highest BCUT2D eigenvalue weighted by molar-refractivity contribution is 5.97. The van der Waals surface area contributed by atoms with Crippen LogP contribution in [0.15, 0.2) is 23.0 Å². The average molecular weight is 274 g/mol. The van der Waals surface area contributed by atoms with Crippen LogP contribution < -0.4 is 5.69 Å². The molecule has 6 nitrogen and oxygen atoms in total. The van der Waals surface area contributed by atoms with Crippen LogP contribution in [0.1, 0.15) is 17.3 Å². The summed E-state index contributed by atoms with van der Waals surface area (Å²) in [6, 6.07) is 5.27. The molecule has 1 aliphatic rings. The molecule has 2 heterocycles. The van der Waals surface area contributed by atoms with Crippen molar-refractivity contribution in [1.82, 2.24) is 19.8 Å². The van der Waals surface area contributed by atoms with Gasteiger partial charge >= 0.3 is 5.69 Å². The van der Waals surface area contributed by atoms with Crippen molar-refractivity contribution in [1.29, 1.82) is 0 Å². The van der Waals surface area contributed by atoms with Gasteiger partial charge in [-0.25, -0.2) is 4.79 Å². The molecule has 0 atom stereocenters. The van der Waals surface area contributed by atoms with Crippen molar-refractivity contribution in [3.63, 3.8) is 0 Å². The summed E-state index contributed by atoms with van der Waals surface area (Å²) in [5.41, 5.74) is 1.77. The molecule has 20 heavy (non-hydrogen) atoms. The van der Waals surface area contributed by atoms with E-state index in [0.717, 1.165) is 38.2 Å². The Bertz CT molecular complexity index is 680.